The van der Waals surface area contributed by atoms with E-state index in [1.807, 2.05) is 0 Å². The second kappa shape index (κ2) is 17.4. The van der Waals surface area contributed by atoms with Gasteiger partial charge in [-0.3, -0.25) is 9.59 Å². The van der Waals surface area contributed by atoms with Crippen molar-refractivity contribution >= 4 is 11.9 Å². The van der Waals surface area contributed by atoms with Gasteiger partial charge >= 0.3 is 5.97 Å². The van der Waals surface area contributed by atoms with E-state index in [1.165, 1.54) is 6.92 Å². The van der Waals surface area contributed by atoms with E-state index < -0.39 is 154 Å². The molecule has 0 aliphatic carbocycles. The topological polar surface area (TPSA) is 343 Å². The third-order valence-electron chi connectivity index (χ3n) is 8.83. The van der Waals surface area contributed by atoms with E-state index in [4.69, 9.17) is 37.9 Å². The van der Waals surface area contributed by atoms with Gasteiger partial charge in [0.15, 0.2) is 31.3 Å². The summed E-state index contributed by atoms with van der Waals surface area (Å²) >= 11 is 0. The van der Waals surface area contributed by atoms with Crippen molar-refractivity contribution in [2.24, 2.45) is 0 Å². The van der Waals surface area contributed by atoms with Crippen molar-refractivity contribution in [2.45, 2.75) is 144 Å². The van der Waals surface area contributed by atoms with Crippen LogP contribution in [0.2, 0.25) is 0 Å². The number of carbonyl (C=O) groups excluding carboxylic acids is 2. The average Bonchev–Trinajstić information content (AvgIpc) is 3.06. The molecule has 22 nitrogen and oxygen atoms in total. The highest BCUT2D eigenvalue weighted by Crippen LogP contribution is 2.34. The maximum Gasteiger partial charge on any atom is 0.303 e. The molecule has 0 spiro atoms. The van der Waals surface area contributed by atoms with E-state index >= 15 is 0 Å². The number of amides is 1. The Bertz CT molecular complexity index is 1120. The quantitative estimate of drug-likeness (QED) is 0.0877. The number of nitrogens with one attached hydrogen (secondary N) is 1. The Morgan fingerprint density at radius 3 is 1.68 bits per heavy atom. The molecule has 1 amide bonds. The summed E-state index contributed by atoms with van der Waals surface area (Å²) in [6, 6.07) is -1.53. The van der Waals surface area contributed by atoms with Crippen molar-refractivity contribution in [1.29, 1.82) is 0 Å². The lowest BCUT2D eigenvalue weighted by Gasteiger charge is -2.49. The average molecular weight is 734 g/mol. The number of ether oxygens (including phenoxy) is 8. The van der Waals surface area contributed by atoms with E-state index in [2.05, 4.69) is 5.32 Å². The lowest BCUT2D eigenvalue weighted by molar-refractivity contribution is -0.372. The van der Waals surface area contributed by atoms with Crippen molar-refractivity contribution in [3.05, 3.63) is 0 Å². The van der Waals surface area contributed by atoms with Crippen LogP contribution in [0.3, 0.4) is 0 Å². The van der Waals surface area contributed by atoms with Crippen LogP contribution < -0.4 is 5.32 Å². The Labute approximate surface area is 284 Å². The first kappa shape index (κ1) is 41.0. The molecule has 4 aliphatic heterocycles. The molecule has 22 heteroatoms. The fourth-order valence-electron chi connectivity index (χ4n) is 6.07. The lowest BCUT2D eigenvalue weighted by Crippen LogP contribution is -2.68. The van der Waals surface area contributed by atoms with Crippen molar-refractivity contribution in [3.63, 3.8) is 0 Å². The second-order valence-corrected chi connectivity index (χ2v) is 12.5. The van der Waals surface area contributed by atoms with E-state index in [0.717, 1.165) is 13.8 Å². The number of esters is 1. The Morgan fingerprint density at radius 1 is 0.600 bits per heavy atom. The van der Waals surface area contributed by atoms with Gasteiger partial charge < -0.3 is 99.4 Å². The molecule has 0 saturated carbocycles. The standard InChI is InChI=1S/C28H47NO21/c1-7-14(34)23(50-27-21(41)19(39)16(36)11(5-31)48-27)24(45-9(3)33)28(44-7)49-22-13(29-8(2)32)25(42)46-12(17(22)37)6-43-26-20(40)18(38)15(35)10(4-30)47-26/h7,10-28,30-31,34-42H,4-6H2,1-3H3,(H,29,32)/t7-,10+,11+,12+,13+,14-,15+,16+,17+,18-,19-,20+,21+,22+,23+,24+,25-,26-,27+,28-/m0/s1. The molecule has 4 fully saturated rings. The largest absolute Gasteiger partial charge is 0.454 e. The van der Waals surface area contributed by atoms with Crippen LogP contribution >= 0.6 is 0 Å². The van der Waals surface area contributed by atoms with Crippen LogP contribution in [0.4, 0.5) is 0 Å². The molecule has 20 atom stereocenters. The van der Waals surface area contributed by atoms with Gasteiger partial charge in [-0.1, -0.05) is 0 Å². The highest BCUT2D eigenvalue weighted by atomic mass is 16.8. The van der Waals surface area contributed by atoms with E-state index in [1.54, 1.807) is 0 Å². The zero-order valence-electron chi connectivity index (χ0n) is 27.2. The first-order valence-corrected chi connectivity index (χ1v) is 15.8. The van der Waals surface area contributed by atoms with Crippen molar-refractivity contribution in [2.75, 3.05) is 19.8 Å². The maximum absolute atomic E-state index is 12.2. The molecule has 4 saturated heterocycles. The highest BCUT2D eigenvalue weighted by molar-refractivity contribution is 5.73. The molecule has 50 heavy (non-hydrogen) atoms. The number of hydrogen-bond donors (Lipinski definition) is 12. The lowest BCUT2D eigenvalue weighted by atomic mass is 9.95. The van der Waals surface area contributed by atoms with E-state index in [9.17, 15) is 65.8 Å². The maximum atomic E-state index is 12.2. The molecule has 0 unspecified atom stereocenters. The molecule has 4 heterocycles. The summed E-state index contributed by atoms with van der Waals surface area (Å²) < 4.78 is 44.5. The summed E-state index contributed by atoms with van der Waals surface area (Å²) in [5.74, 6) is -1.66. The van der Waals surface area contributed by atoms with Gasteiger partial charge in [-0.05, 0) is 6.92 Å². The Hall–Kier alpha value is -1.78. The first-order chi connectivity index (χ1) is 23.5. The van der Waals surface area contributed by atoms with Gasteiger partial charge in [-0.15, -0.1) is 0 Å². The van der Waals surface area contributed by atoms with E-state index in [-0.39, 0.29) is 0 Å². The normalized spacial score (nSPS) is 48.5. The van der Waals surface area contributed by atoms with Crippen LogP contribution in [0.25, 0.3) is 0 Å². The SMILES string of the molecule is CC(=O)N[C@@H]1[C@@H](O[C@@H]2O[C@@H](C)[C@H](O)[C@@H](O[C@H]3O[C@H](CO)[C@@H](O)[C@H](O)[C@H]3O)[C@H]2OC(C)=O)[C@H](O)[C@@H](CO[C@H]2O[C@H](CO)[C@@H](O)[C@H](O)[C@H]2O)O[C@@H]1O. The molecule has 4 rings (SSSR count). The van der Waals surface area contributed by atoms with Gasteiger partial charge in [-0.2, -0.15) is 0 Å². The minimum absolute atomic E-state index is 0.676. The van der Waals surface area contributed by atoms with Crippen molar-refractivity contribution in [3.8, 4) is 0 Å². The van der Waals surface area contributed by atoms with Crippen molar-refractivity contribution in [1.82, 2.24) is 5.32 Å². The summed E-state index contributed by atoms with van der Waals surface area (Å²) in [6.07, 6.45) is -31.9. The summed E-state index contributed by atoms with van der Waals surface area (Å²) in [5, 5.41) is 116. The Morgan fingerprint density at radius 2 is 1.14 bits per heavy atom. The number of rotatable bonds is 11. The van der Waals surface area contributed by atoms with Crippen LogP contribution in [-0.2, 0) is 47.5 Å². The smallest absolute Gasteiger partial charge is 0.303 e. The Balaban J connectivity index is 1.58. The number of aliphatic hydroxyl groups excluding tert-OH is 11. The molecule has 0 aromatic heterocycles. The number of carbonyl (C=O) groups is 2. The van der Waals surface area contributed by atoms with Crippen LogP contribution in [0.1, 0.15) is 20.8 Å². The third kappa shape index (κ3) is 8.87. The van der Waals surface area contributed by atoms with Crippen LogP contribution in [0.15, 0.2) is 0 Å². The molecule has 0 aromatic rings. The van der Waals surface area contributed by atoms with E-state index in [0.29, 0.717) is 0 Å². The Kier molecular flexibility index (Phi) is 14.2. The number of aliphatic hydroxyl groups is 11. The van der Waals surface area contributed by atoms with Crippen LogP contribution in [-0.4, -0.2) is 211 Å². The predicted molar refractivity (Wildman–Crippen MR) is 154 cm³/mol. The van der Waals surface area contributed by atoms with Gasteiger partial charge in [-0.25, -0.2) is 0 Å². The summed E-state index contributed by atoms with van der Waals surface area (Å²) in [5.41, 5.74) is 0. The molecule has 290 valence electrons. The fourth-order valence-corrected chi connectivity index (χ4v) is 6.07. The van der Waals surface area contributed by atoms with Gasteiger partial charge in [0.25, 0.3) is 0 Å². The van der Waals surface area contributed by atoms with Gasteiger partial charge in [0, 0.05) is 13.8 Å². The minimum atomic E-state index is -1.92. The summed E-state index contributed by atoms with van der Waals surface area (Å²) in [7, 11) is 0. The molecule has 4 aliphatic rings. The third-order valence-corrected chi connectivity index (χ3v) is 8.83. The molecular formula is C28H47NO21. The zero-order chi connectivity index (χ0) is 37.2. The van der Waals surface area contributed by atoms with Gasteiger partial charge in [0.1, 0.15) is 85.4 Å². The fraction of sp³-hybridized carbons (Fsp3) is 0.929. The van der Waals surface area contributed by atoms with Gasteiger partial charge in [0.05, 0.1) is 25.9 Å². The zero-order valence-corrected chi connectivity index (χ0v) is 27.2. The predicted octanol–water partition coefficient (Wildman–Crippen LogP) is -8.01. The van der Waals surface area contributed by atoms with Gasteiger partial charge in [0.2, 0.25) is 5.91 Å². The molecule has 0 bridgehead atoms. The highest BCUT2D eigenvalue weighted by Gasteiger charge is 2.55. The molecule has 12 N–H and O–H groups in total. The first-order valence-electron chi connectivity index (χ1n) is 15.8. The van der Waals surface area contributed by atoms with Crippen molar-refractivity contribution < 1.29 is 104 Å². The minimum Gasteiger partial charge on any atom is -0.454 e. The molecular weight excluding hydrogens is 686 g/mol. The molecule has 0 radical (unpaired) electrons. The van der Waals surface area contributed by atoms with Crippen LogP contribution in [0, 0.1) is 0 Å². The number of hydrogen-bond acceptors (Lipinski definition) is 21. The van der Waals surface area contributed by atoms with Crippen LogP contribution in [0.5, 0.6) is 0 Å². The molecule has 0 aromatic carbocycles. The summed E-state index contributed by atoms with van der Waals surface area (Å²) in [6.45, 7) is 1.21. The second-order valence-electron chi connectivity index (χ2n) is 12.5. The summed E-state index contributed by atoms with van der Waals surface area (Å²) in [4.78, 5) is 24.3. The monoisotopic (exact) mass is 733 g/mol.